The molecule has 1 aliphatic carbocycles. The van der Waals surface area contributed by atoms with Gasteiger partial charge in [0.1, 0.15) is 5.69 Å². The lowest BCUT2D eigenvalue weighted by molar-refractivity contribution is -0.148. The van der Waals surface area contributed by atoms with Gasteiger partial charge in [-0.05, 0) is 36.0 Å². The van der Waals surface area contributed by atoms with E-state index in [1.165, 1.54) is 0 Å². The van der Waals surface area contributed by atoms with E-state index in [1.807, 2.05) is 66.7 Å². The van der Waals surface area contributed by atoms with E-state index in [0.717, 1.165) is 23.4 Å². The molecule has 0 bridgehead atoms. The monoisotopic (exact) mass is 414 g/mol. The highest BCUT2D eigenvalue weighted by atomic mass is 16.2. The molecule has 2 N–H and O–H groups in total. The van der Waals surface area contributed by atoms with E-state index in [2.05, 4.69) is 13.8 Å². The molecule has 1 aromatic heterocycles. The zero-order chi connectivity index (χ0) is 21.8. The second-order valence-electron chi connectivity index (χ2n) is 9.45. The van der Waals surface area contributed by atoms with Crippen molar-refractivity contribution in [2.75, 3.05) is 13.1 Å². The summed E-state index contributed by atoms with van der Waals surface area (Å²) in [7, 11) is 0. The van der Waals surface area contributed by atoms with Crippen molar-refractivity contribution in [2.24, 2.45) is 22.5 Å². The Morgan fingerprint density at radius 1 is 1.03 bits per heavy atom. The predicted octanol–water partition coefficient (Wildman–Crippen LogP) is 3.51. The maximum absolute atomic E-state index is 13.7. The molecular formula is C25H26N4O2. The molecule has 2 heterocycles. The van der Waals surface area contributed by atoms with Crippen LogP contribution in [0.3, 0.4) is 0 Å². The first kappa shape index (κ1) is 19.5. The molecule has 31 heavy (non-hydrogen) atoms. The van der Waals surface area contributed by atoms with Crippen molar-refractivity contribution in [3.63, 3.8) is 0 Å². The molecule has 2 aliphatic rings. The molecule has 1 aliphatic heterocycles. The molecule has 2 fully saturated rings. The normalized spacial score (nSPS) is 23.8. The van der Waals surface area contributed by atoms with Crippen molar-refractivity contribution < 1.29 is 9.59 Å². The quantitative estimate of drug-likeness (QED) is 0.709. The minimum Gasteiger partial charge on any atom is -0.369 e. The van der Waals surface area contributed by atoms with Gasteiger partial charge in [-0.25, -0.2) is 4.68 Å². The molecule has 6 nitrogen and oxygen atoms in total. The Labute approximate surface area is 181 Å². The summed E-state index contributed by atoms with van der Waals surface area (Å²) in [5.41, 5.74) is 8.18. The number of likely N-dealkylation sites (tertiary alicyclic amines) is 1. The van der Waals surface area contributed by atoms with Crippen LogP contribution in [0, 0.1) is 16.7 Å². The molecule has 3 aromatic rings. The number of nitrogens with zero attached hydrogens (tertiary/aromatic N) is 3. The van der Waals surface area contributed by atoms with Crippen molar-refractivity contribution in [1.29, 1.82) is 0 Å². The van der Waals surface area contributed by atoms with Gasteiger partial charge in [-0.15, -0.1) is 0 Å². The van der Waals surface area contributed by atoms with Crippen LogP contribution in [0.5, 0.6) is 0 Å². The second-order valence-corrected chi connectivity index (χ2v) is 9.45. The molecule has 0 unspecified atom stereocenters. The number of primary amides is 1. The molecule has 2 amide bonds. The molecule has 158 valence electrons. The number of nitrogens with two attached hydrogens (primary N) is 1. The van der Waals surface area contributed by atoms with Crippen molar-refractivity contribution in [3.05, 3.63) is 72.4 Å². The fraction of sp³-hybridized carbons (Fsp3) is 0.320. The van der Waals surface area contributed by atoms with Crippen LogP contribution >= 0.6 is 0 Å². The number of fused-ring (bicyclic) bond motifs is 1. The first-order valence-corrected chi connectivity index (χ1v) is 10.6. The number of amides is 2. The van der Waals surface area contributed by atoms with Gasteiger partial charge < -0.3 is 10.6 Å². The van der Waals surface area contributed by atoms with Gasteiger partial charge in [0.05, 0.1) is 16.8 Å². The third-order valence-electron chi connectivity index (χ3n) is 7.03. The van der Waals surface area contributed by atoms with Gasteiger partial charge in [0.2, 0.25) is 5.91 Å². The molecule has 2 atom stereocenters. The number of hydrogen-bond donors (Lipinski definition) is 1. The fourth-order valence-corrected chi connectivity index (χ4v) is 5.59. The second kappa shape index (κ2) is 6.80. The summed E-state index contributed by atoms with van der Waals surface area (Å²) in [5.74, 6) is -0.332. The highest BCUT2D eigenvalue weighted by molar-refractivity contribution is 5.96. The first-order valence-electron chi connectivity index (χ1n) is 10.6. The zero-order valence-corrected chi connectivity index (χ0v) is 17.8. The summed E-state index contributed by atoms with van der Waals surface area (Å²) < 4.78 is 1.70. The molecule has 6 heteroatoms. The van der Waals surface area contributed by atoms with E-state index < -0.39 is 5.41 Å². The SMILES string of the molecule is CC1(C)C[C@]2(C(N)=O)CN(C(=O)c3cc(-c4ccccc4)nn3-c3ccccc3)C[C@H]12. The van der Waals surface area contributed by atoms with E-state index in [4.69, 9.17) is 10.8 Å². The minimum absolute atomic E-state index is 0.00106. The Hall–Kier alpha value is -3.41. The third-order valence-corrected chi connectivity index (χ3v) is 7.03. The van der Waals surface area contributed by atoms with Crippen LogP contribution in [0.25, 0.3) is 16.9 Å². The van der Waals surface area contributed by atoms with Crippen LogP contribution in [-0.2, 0) is 4.79 Å². The first-order chi connectivity index (χ1) is 14.8. The van der Waals surface area contributed by atoms with Crippen LogP contribution in [-0.4, -0.2) is 39.6 Å². The van der Waals surface area contributed by atoms with Gasteiger partial charge in [0.15, 0.2) is 0 Å². The zero-order valence-electron chi connectivity index (χ0n) is 17.8. The third kappa shape index (κ3) is 2.97. The molecule has 1 saturated carbocycles. The summed E-state index contributed by atoms with van der Waals surface area (Å²) in [4.78, 5) is 27.8. The van der Waals surface area contributed by atoms with Gasteiger partial charge in [-0.1, -0.05) is 62.4 Å². The molecule has 2 aromatic carbocycles. The van der Waals surface area contributed by atoms with Gasteiger partial charge in [0.25, 0.3) is 5.91 Å². The Kier molecular flexibility index (Phi) is 4.29. The Morgan fingerprint density at radius 2 is 1.68 bits per heavy atom. The van der Waals surface area contributed by atoms with E-state index in [-0.39, 0.29) is 23.1 Å². The van der Waals surface area contributed by atoms with Crippen molar-refractivity contribution >= 4 is 11.8 Å². The average molecular weight is 415 g/mol. The summed E-state index contributed by atoms with van der Waals surface area (Å²) in [6.07, 6.45) is 0.719. The summed E-state index contributed by atoms with van der Waals surface area (Å²) >= 11 is 0. The van der Waals surface area contributed by atoms with Crippen LogP contribution in [0.1, 0.15) is 30.8 Å². The van der Waals surface area contributed by atoms with Crippen molar-refractivity contribution in [3.8, 4) is 16.9 Å². The number of para-hydroxylation sites is 1. The van der Waals surface area contributed by atoms with Crippen molar-refractivity contribution in [2.45, 2.75) is 20.3 Å². The number of hydrogen-bond acceptors (Lipinski definition) is 3. The summed E-state index contributed by atoms with van der Waals surface area (Å²) in [6, 6.07) is 21.3. The maximum atomic E-state index is 13.7. The number of rotatable bonds is 4. The molecule has 5 rings (SSSR count). The Bertz CT molecular complexity index is 1150. The van der Waals surface area contributed by atoms with Crippen molar-refractivity contribution in [1.82, 2.24) is 14.7 Å². The Balaban J connectivity index is 1.55. The number of carbonyl (C=O) groups excluding carboxylic acids is 2. The largest absolute Gasteiger partial charge is 0.369 e. The van der Waals surface area contributed by atoms with E-state index in [9.17, 15) is 9.59 Å². The van der Waals surface area contributed by atoms with Crippen LogP contribution in [0.15, 0.2) is 66.7 Å². The number of aromatic nitrogens is 2. The lowest BCUT2D eigenvalue weighted by Gasteiger charge is -2.54. The van der Waals surface area contributed by atoms with Crippen LogP contribution in [0.2, 0.25) is 0 Å². The highest BCUT2D eigenvalue weighted by Gasteiger charge is 2.66. The van der Waals surface area contributed by atoms with E-state index >= 15 is 0 Å². The maximum Gasteiger partial charge on any atom is 0.272 e. The topological polar surface area (TPSA) is 81.2 Å². The van der Waals surface area contributed by atoms with Crippen LogP contribution < -0.4 is 5.73 Å². The Morgan fingerprint density at radius 3 is 2.26 bits per heavy atom. The van der Waals surface area contributed by atoms with Gasteiger partial charge in [0, 0.05) is 18.7 Å². The van der Waals surface area contributed by atoms with Crippen LogP contribution in [0.4, 0.5) is 0 Å². The van der Waals surface area contributed by atoms with Gasteiger partial charge in [-0.2, -0.15) is 5.10 Å². The molecular weight excluding hydrogens is 388 g/mol. The smallest absolute Gasteiger partial charge is 0.272 e. The minimum atomic E-state index is -0.612. The highest BCUT2D eigenvalue weighted by Crippen LogP contribution is 2.62. The standard InChI is InChI=1S/C25H26N4O2/c1-24(2)15-25(23(26)31)16-28(14-21(24)25)22(30)20-13-19(17-9-5-3-6-10-17)27-29(20)18-11-7-4-8-12-18/h3-13,21H,14-16H2,1-2H3,(H2,26,31)/t21-,25+/m1/s1. The van der Waals surface area contributed by atoms with E-state index in [1.54, 1.807) is 9.58 Å². The number of benzene rings is 2. The average Bonchev–Trinajstić information content (AvgIpc) is 3.35. The lowest BCUT2D eigenvalue weighted by Crippen LogP contribution is -2.59. The summed E-state index contributed by atoms with van der Waals surface area (Å²) in [5, 5.41) is 4.76. The predicted molar refractivity (Wildman–Crippen MR) is 118 cm³/mol. The van der Waals surface area contributed by atoms with E-state index in [0.29, 0.717) is 18.8 Å². The van der Waals surface area contributed by atoms with Gasteiger partial charge >= 0.3 is 0 Å². The number of carbonyl (C=O) groups is 2. The molecule has 0 radical (unpaired) electrons. The molecule has 1 saturated heterocycles. The summed E-state index contributed by atoms with van der Waals surface area (Å²) in [6.45, 7) is 5.20. The van der Waals surface area contributed by atoms with Gasteiger partial charge in [-0.3, -0.25) is 9.59 Å². The fourth-order valence-electron chi connectivity index (χ4n) is 5.59. The molecule has 0 spiro atoms. The lowest BCUT2D eigenvalue weighted by atomic mass is 9.48.